The lowest BCUT2D eigenvalue weighted by atomic mass is 10.1. The molecule has 2 aromatic rings. The van der Waals surface area contributed by atoms with Crippen molar-refractivity contribution in [1.29, 1.82) is 0 Å². The maximum absolute atomic E-state index is 14.4. The third kappa shape index (κ3) is 2.23. The predicted octanol–water partition coefficient (Wildman–Crippen LogP) is 2.05. The van der Waals surface area contributed by atoms with E-state index in [1.165, 1.54) is 6.33 Å². The average Bonchev–Trinajstić information content (AvgIpc) is 2.76. The minimum absolute atomic E-state index is 0.184. The summed E-state index contributed by atoms with van der Waals surface area (Å²) < 4.78 is 20.3. The maximum Gasteiger partial charge on any atom is 0.195 e. The van der Waals surface area contributed by atoms with Crippen molar-refractivity contribution in [2.45, 2.75) is 6.04 Å². The molecule has 0 unspecified atom stereocenters. The van der Waals surface area contributed by atoms with Crippen molar-refractivity contribution in [1.82, 2.24) is 15.3 Å². The van der Waals surface area contributed by atoms with Crippen LogP contribution in [0, 0.1) is 5.82 Å². The fraction of sp³-hybridized carbons (Fsp3) is 0.333. The molecule has 0 radical (unpaired) electrons. The molecule has 1 aliphatic heterocycles. The number of halogens is 2. The van der Waals surface area contributed by atoms with Gasteiger partial charge in [0, 0.05) is 19.1 Å². The highest BCUT2D eigenvalue weighted by molar-refractivity contribution is 9.10. The Bertz CT molecular complexity index is 597. The van der Waals surface area contributed by atoms with E-state index in [1.54, 1.807) is 12.1 Å². The Kier molecular flexibility index (Phi) is 3.24. The number of nitrogens with one attached hydrogen (secondary N) is 1. The molecule has 100 valence electrons. The Balaban J connectivity index is 1.91. The molecular formula is C12H12BrFN4O. The Labute approximate surface area is 118 Å². The second kappa shape index (κ2) is 4.90. The first kappa shape index (κ1) is 12.6. The van der Waals surface area contributed by atoms with Gasteiger partial charge in [-0.3, -0.25) is 0 Å². The average molecular weight is 327 g/mol. The zero-order valence-corrected chi connectivity index (χ0v) is 11.8. The molecule has 5 nitrogen and oxygen atoms in total. The zero-order chi connectivity index (χ0) is 13.4. The van der Waals surface area contributed by atoms with E-state index in [2.05, 4.69) is 31.2 Å². The third-order valence-electron chi connectivity index (χ3n) is 3.17. The van der Waals surface area contributed by atoms with Crippen molar-refractivity contribution in [3.63, 3.8) is 0 Å². The van der Waals surface area contributed by atoms with Gasteiger partial charge in [-0.1, -0.05) is 0 Å². The van der Waals surface area contributed by atoms with Gasteiger partial charge in [-0.25, -0.2) is 14.4 Å². The fourth-order valence-corrected chi connectivity index (χ4v) is 2.34. The van der Waals surface area contributed by atoms with Gasteiger partial charge in [0.15, 0.2) is 22.1 Å². The minimum Gasteiger partial charge on any atom is -0.448 e. The molecule has 3 rings (SSSR count). The second-order valence-corrected chi connectivity index (χ2v) is 5.14. The summed E-state index contributed by atoms with van der Waals surface area (Å²) in [7, 11) is 1.89. The summed E-state index contributed by atoms with van der Waals surface area (Å²) >= 11 is 3.19. The number of rotatable bonds is 3. The highest BCUT2D eigenvalue weighted by Gasteiger charge is 2.30. The minimum atomic E-state index is -0.445. The zero-order valence-electron chi connectivity index (χ0n) is 10.2. The number of furan rings is 1. The van der Waals surface area contributed by atoms with Crippen molar-refractivity contribution in [3.8, 4) is 11.5 Å². The summed E-state index contributed by atoms with van der Waals surface area (Å²) in [5, 5.41) is 3.14. The van der Waals surface area contributed by atoms with E-state index < -0.39 is 5.82 Å². The lowest BCUT2D eigenvalue weighted by Crippen LogP contribution is -2.57. The maximum atomic E-state index is 14.4. The van der Waals surface area contributed by atoms with Crippen LogP contribution in [0.15, 0.2) is 27.5 Å². The number of hydrogen-bond acceptors (Lipinski definition) is 5. The van der Waals surface area contributed by atoms with Crippen LogP contribution in [-0.2, 0) is 0 Å². The first-order valence-electron chi connectivity index (χ1n) is 5.87. The molecule has 1 fully saturated rings. The van der Waals surface area contributed by atoms with Crippen molar-refractivity contribution in [2.75, 3.05) is 25.0 Å². The Morgan fingerprint density at radius 1 is 1.42 bits per heavy atom. The van der Waals surface area contributed by atoms with Crippen LogP contribution in [0.4, 0.5) is 10.2 Å². The summed E-state index contributed by atoms with van der Waals surface area (Å²) in [6.45, 7) is 1.48. The molecule has 1 saturated heterocycles. The first-order chi connectivity index (χ1) is 9.19. The lowest BCUT2D eigenvalue weighted by Gasteiger charge is -2.39. The largest absolute Gasteiger partial charge is 0.448 e. The molecule has 1 aliphatic rings. The van der Waals surface area contributed by atoms with E-state index in [9.17, 15) is 4.39 Å². The van der Waals surface area contributed by atoms with Gasteiger partial charge in [0.25, 0.3) is 0 Å². The molecule has 0 atom stereocenters. The molecule has 19 heavy (non-hydrogen) atoms. The van der Waals surface area contributed by atoms with Crippen LogP contribution in [-0.4, -0.2) is 36.1 Å². The van der Waals surface area contributed by atoms with Crippen LogP contribution in [0.25, 0.3) is 11.5 Å². The van der Waals surface area contributed by atoms with E-state index in [0.717, 1.165) is 13.1 Å². The molecule has 0 aromatic carbocycles. The molecule has 0 amide bonds. The van der Waals surface area contributed by atoms with Gasteiger partial charge in [-0.2, -0.15) is 0 Å². The van der Waals surface area contributed by atoms with Gasteiger partial charge in [0.1, 0.15) is 12.0 Å². The number of nitrogens with zero attached hydrogens (tertiary/aromatic N) is 3. The van der Waals surface area contributed by atoms with E-state index >= 15 is 0 Å². The number of hydrogen-bond donors (Lipinski definition) is 1. The summed E-state index contributed by atoms with van der Waals surface area (Å²) in [4.78, 5) is 9.85. The molecule has 3 heterocycles. The van der Waals surface area contributed by atoms with Gasteiger partial charge in [-0.05, 0) is 35.1 Å². The number of anilines is 1. The SMILES string of the molecule is CNC1CN(c2ncnc(-c3ccc(Br)o3)c2F)C1. The lowest BCUT2D eigenvalue weighted by molar-refractivity contribution is 0.438. The van der Waals surface area contributed by atoms with Gasteiger partial charge in [0.2, 0.25) is 0 Å². The van der Waals surface area contributed by atoms with Crippen LogP contribution in [0.2, 0.25) is 0 Å². The summed E-state index contributed by atoms with van der Waals surface area (Å²) in [5.74, 6) is 0.265. The third-order valence-corrected chi connectivity index (χ3v) is 3.59. The van der Waals surface area contributed by atoms with Gasteiger partial charge < -0.3 is 14.6 Å². The smallest absolute Gasteiger partial charge is 0.195 e. The van der Waals surface area contributed by atoms with Crippen molar-refractivity contribution in [3.05, 3.63) is 28.9 Å². The normalized spacial score (nSPS) is 15.6. The molecule has 7 heteroatoms. The van der Waals surface area contributed by atoms with Crippen molar-refractivity contribution in [2.24, 2.45) is 0 Å². The van der Waals surface area contributed by atoms with Crippen LogP contribution in [0.1, 0.15) is 0 Å². The predicted molar refractivity (Wildman–Crippen MR) is 72.5 cm³/mol. The van der Waals surface area contributed by atoms with Crippen LogP contribution in [0.5, 0.6) is 0 Å². The van der Waals surface area contributed by atoms with Crippen molar-refractivity contribution >= 4 is 21.7 Å². The highest BCUT2D eigenvalue weighted by atomic mass is 79.9. The van der Waals surface area contributed by atoms with Gasteiger partial charge >= 0.3 is 0 Å². The quantitative estimate of drug-likeness (QED) is 0.935. The molecule has 0 bridgehead atoms. The van der Waals surface area contributed by atoms with Crippen LogP contribution >= 0.6 is 15.9 Å². The van der Waals surface area contributed by atoms with Gasteiger partial charge in [-0.15, -0.1) is 0 Å². The van der Waals surface area contributed by atoms with Gasteiger partial charge in [0.05, 0.1) is 0 Å². The Hall–Kier alpha value is -1.47. The second-order valence-electron chi connectivity index (χ2n) is 4.35. The van der Waals surface area contributed by atoms with E-state index in [-0.39, 0.29) is 5.69 Å². The number of aromatic nitrogens is 2. The fourth-order valence-electron chi connectivity index (χ4n) is 2.03. The van der Waals surface area contributed by atoms with Crippen LogP contribution in [0.3, 0.4) is 0 Å². The van der Waals surface area contributed by atoms with E-state index in [1.807, 2.05) is 11.9 Å². The van der Waals surface area contributed by atoms with Crippen LogP contribution < -0.4 is 10.2 Å². The summed E-state index contributed by atoms with van der Waals surface area (Å²) in [5.41, 5.74) is 0.184. The highest BCUT2D eigenvalue weighted by Crippen LogP contribution is 2.30. The topological polar surface area (TPSA) is 54.2 Å². The Morgan fingerprint density at radius 2 is 2.21 bits per heavy atom. The molecule has 0 aliphatic carbocycles. The molecule has 0 saturated carbocycles. The van der Waals surface area contributed by atoms with Crippen molar-refractivity contribution < 1.29 is 8.81 Å². The Morgan fingerprint density at radius 3 is 2.84 bits per heavy atom. The monoisotopic (exact) mass is 326 g/mol. The number of likely N-dealkylation sites (N-methyl/N-ethyl adjacent to an activating group) is 1. The first-order valence-corrected chi connectivity index (χ1v) is 6.66. The molecule has 1 N–H and O–H groups in total. The molecule has 2 aromatic heterocycles. The summed E-state index contributed by atoms with van der Waals surface area (Å²) in [6.07, 6.45) is 1.36. The molecular weight excluding hydrogens is 315 g/mol. The van der Waals surface area contributed by atoms with E-state index in [0.29, 0.717) is 22.3 Å². The molecule has 0 spiro atoms. The van der Waals surface area contributed by atoms with E-state index in [4.69, 9.17) is 4.42 Å². The summed E-state index contributed by atoms with van der Waals surface area (Å²) in [6, 6.07) is 3.76. The standard InChI is InChI=1S/C12H12BrFN4O/c1-15-7-4-18(5-7)12-10(14)11(16-6-17-12)8-2-3-9(13)19-8/h2-3,6-7,15H,4-5H2,1H3.